The van der Waals surface area contributed by atoms with E-state index in [0.29, 0.717) is 42.9 Å². The molecule has 3 aliphatic rings. The van der Waals surface area contributed by atoms with Gasteiger partial charge in [0, 0.05) is 54.7 Å². The number of fused-ring (bicyclic) bond motifs is 4. The highest BCUT2D eigenvalue weighted by atomic mass is 35.5. The van der Waals surface area contributed by atoms with Gasteiger partial charge in [0.15, 0.2) is 0 Å². The van der Waals surface area contributed by atoms with Crippen molar-refractivity contribution >= 4 is 29.4 Å². The number of anilines is 1. The van der Waals surface area contributed by atoms with Crippen molar-refractivity contribution in [3.63, 3.8) is 0 Å². The molecule has 43 heavy (non-hydrogen) atoms. The SMILES string of the molecule is CC(C)(C)OC(=O)N1CCC(Oc2ccc(-c3cc(F)c(NC(=O)N4[C@H]5CC[C@@H]4c4c[nH]c(=O)cc4C5)cc3Cl)cn2)C1. The Labute approximate surface area is 253 Å². The normalized spacial score (nSPS) is 21.0. The fourth-order valence-electron chi connectivity index (χ4n) is 6.10. The van der Waals surface area contributed by atoms with Crippen LogP contribution in [0.25, 0.3) is 11.1 Å². The minimum Gasteiger partial charge on any atom is -0.472 e. The van der Waals surface area contributed by atoms with Crippen LogP contribution < -0.4 is 15.6 Å². The van der Waals surface area contributed by atoms with Crippen LogP contribution in [-0.2, 0) is 11.2 Å². The topological polar surface area (TPSA) is 117 Å². The van der Waals surface area contributed by atoms with E-state index in [1.54, 1.807) is 40.4 Å². The lowest BCUT2D eigenvalue weighted by Gasteiger charge is -2.36. The number of aromatic amines is 1. The van der Waals surface area contributed by atoms with Gasteiger partial charge in [-0.25, -0.2) is 19.0 Å². The van der Waals surface area contributed by atoms with Crippen molar-refractivity contribution in [3.8, 4) is 17.0 Å². The Morgan fingerprint density at radius 3 is 2.72 bits per heavy atom. The van der Waals surface area contributed by atoms with E-state index >= 15 is 4.39 Å². The number of nitrogens with one attached hydrogen (secondary N) is 2. The molecule has 5 heterocycles. The summed E-state index contributed by atoms with van der Waals surface area (Å²) >= 11 is 6.55. The molecule has 226 valence electrons. The van der Waals surface area contributed by atoms with Gasteiger partial charge in [0.1, 0.15) is 17.5 Å². The molecule has 1 unspecified atom stereocenters. The molecular formula is C31H33ClFN5O5. The third-order valence-electron chi connectivity index (χ3n) is 8.03. The number of rotatable bonds is 4. The lowest BCUT2D eigenvalue weighted by molar-refractivity contribution is 0.0275. The standard InChI is InChI=1S/C31H33ClFN5O5/c1-31(2,3)43-30(41)37-9-8-20(16-37)42-28-7-4-17(14-35-28)21-12-24(33)25(13-23(21)32)36-29(40)38-19-5-6-26(38)22-15-34-27(39)11-18(22)10-19/h4,7,11-15,19-20,26H,5-6,8-10,16H2,1-3H3,(H,34,39)(H,36,40)/t19-,20?,26+/m0/s1. The zero-order chi connectivity index (χ0) is 30.5. The molecule has 2 saturated heterocycles. The number of halogens is 2. The second-order valence-electron chi connectivity index (χ2n) is 12.2. The fraction of sp³-hybridized carbons (Fsp3) is 0.419. The van der Waals surface area contributed by atoms with Gasteiger partial charge in [-0.05, 0) is 69.4 Å². The van der Waals surface area contributed by atoms with Crippen LogP contribution >= 0.6 is 11.6 Å². The molecule has 12 heteroatoms. The Balaban J connectivity index is 1.10. The number of hydrogen-bond acceptors (Lipinski definition) is 6. The molecule has 2 bridgehead atoms. The van der Waals surface area contributed by atoms with Crippen LogP contribution in [0.4, 0.5) is 19.7 Å². The second kappa shape index (κ2) is 11.2. The minimum absolute atomic E-state index is 0.0193. The fourth-order valence-corrected chi connectivity index (χ4v) is 6.37. The smallest absolute Gasteiger partial charge is 0.410 e. The summed E-state index contributed by atoms with van der Waals surface area (Å²) < 4.78 is 26.7. The molecule has 0 spiro atoms. The average Bonchev–Trinajstić information content (AvgIpc) is 3.54. The summed E-state index contributed by atoms with van der Waals surface area (Å²) in [6.45, 7) is 6.40. The van der Waals surface area contributed by atoms with Gasteiger partial charge in [-0.15, -0.1) is 0 Å². The molecule has 3 atom stereocenters. The van der Waals surface area contributed by atoms with E-state index in [0.717, 1.165) is 24.0 Å². The molecule has 3 aromatic rings. The van der Waals surface area contributed by atoms with E-state index in [9.17, 15) is 14.4 Å². The second-order valence-corrected chi connectivity index (χ2v) is 12.6. The maximum absolute atomic E-state index is 15.3. The van der Waals surface area contributed by atoms with Crippen molar-refractivity contribution < 1.29 is 23.5 Å². The van der Waals surface area contributed by atoms with E-state index in [4.69, 9.17) is 21.1 Å². The number of urea groups is 1. The van der Waals surface area contributed by atoms with Crippen LogP contribution in [0.1, 0.15) is 57.2 Å². The van der Waals surface area contributed by atoms with Gasteiger partial charge >= 0.3 is 12.1 Å². The van der Waals surface area contributed by atoms with Gasteiger partial charge in [-0.2, -0.15) is 0 Å². The third-order valence-corrected chi connectivity index (χ3v) is 8.34. The largest absolute Gasteiger partial charge is 0.472 e. The summed E-state index contributed by atoms with van der Waals surface area (Å²) in [5, 5.41) is 2.95. The van der Waals surface area contributed by atoms with Crippen molar-refractivity contribution in [3.05, 3.63) is 75.0 Å². The summed E-state index contributed by atoms with van der Waals surface area (Å²) in [5.74, 6) is -0.252. The Kier molecular flexibility index (Phi) is 7.53. The molecule has 3 aliphatic heterocycles. The van der Waals surface area contributed by atoms with Gasteiger partial charge in [0.25, 0.3) is 0 Å². The van der Waals surface area contributed by atoms with E-state index in [1.165, 1.54) is 12.1 Å². The summed E-state index contributed by atoms with van der Waals surface area (Å²) in [4.78, 5) is 47.8. The van der Waals surface area contributed by atoms with Gasteiger partial charge in [-0.3, -0.25) is 4.79 Å². The first-order valence-electron chi connectivity index (χ1n) is 14.4. The van der Waals surface area contributed by atoms with Crippen molar-refractivity contribution in [2.75, 3.05) is 18.4 Å². The van der Waals surface area contributed by atoms with Gasteiger partial charge < -0.3 is 29.6 Å². The number of aromatic nitrogens is 2. The number of likely N-dealkylation sites (tertiary alicyclic amines) is 1. The molecular weight excluding hydrogens is 577 g/mol. The first-order chi connectivity index (χ1) is 20.4. The first-order valence-corrected chi connectivity index (χ1v) is 14.7. The van der Waals surface area contributed by atoms with Crippen LogP contribution in [0.15, 0.2) is 47.5 Å². The minimum atomic E-state index is -0.629. The number of pyridine rings is 2. The van der Waals surface area contributed by atoms with Crippen LogP contribution in [0.3, 0.4) is 0 Å². The zero-order valence-corrected chi connectivity index (χ0v) is 24.9. The van der Waals surface area contributed by atoms with Gasteiger partial charge in [0.05, 0.1) is 23.3 Å². The van der Waals surface area contributed by atoms with E-state index in [1.807, 2.05) is 20.8 Å². The van der Waals surface area contributed by atoms with E-state index in [2.05, 4.69) is 15.3 Å². The maximum Gasteiger partial charge on any atom is 0.410 e. The summed E-state index contributed by atoms with van der Waals surface area (Å²) in [5.41, 5.74) is 2.13. The van der Waals surface area contributed by atoms with Gasteiger partial charge in [0.2, 0.25) is 11.4 Å². The Hall–Kier alpha value is -4.12. The zero-order valence-electron chi connectivity index (χ0n) is 24.2. The maximum atomic E-state index is 15.3. The number of carbonyl (C=O) groups excluding carboxylic acids is 2. The predicted molar refractivity (Wildman–Crippen MR) is 159 cm³/mol. The number of amides is 3. The van der Waals surface area contributed by atoms with E-state index in [-0.39, 0.29) is 40.6 Å². The van der Waals surface area contributed by atoms with Gasteiger partial charge in [-0.1, -0.05) is 11.6 Å². The highest BCUT2D eigenvalue weighted by Gasteiger charge is 2.43. The van der Waals surface area contributed by atoms with Crippen molar-refractivity contribution in [2.24, 2.45) is 0 Å². The Bertz CT molecular complexity index is 1620. The van der Waals surface area contributed by atoms with Crippen molar-refractivity contribution in [2.45, 2.75) is 70.2 Å². The number of H-pyrrole nitrogens is 1. The Morgan fingerprint density at radius 2 is 1.98 bits per heavy atom. The molecule has 1 aromatic carbocycles. The summed E-state index contributed by atoms with van der Waals surface area (Å²) in [7, 11) is 0. The predicted octanol–water partition coefficient (Wildman–Crippen LogP) is 5.91. The lowest BCUT2D eigenvalue weighted by Crippen LogP contribution is -2.44. The number of carbonyl (C=O) groups is 2. The highest BCUT2D eigenvalue weighted by molar-refractivity contribution is 6.33. The third kappa shape index (κ3) is 6.04. The van der Waals surface area contributed by atoms with Crippen molar-refractivity contribution in [1.82, 2.24) is 19.8 Å². The molecule has 0 aliphatic carbocycles. The Morgan fingerprint density at radius 1 is 1.16 bits per heavy atom. The molecule has 0 saturated carbocycles. The van der Waals surface area contributed by atoms with Crippen molar-refractivity contribution in [1.29, 1.82) is 0 Å². The van der Waals surface area contributed by atoms with E-state index < -0.39 is 17.4 Å². The van der Waals surface area contributed by atoms with Crippen LogP contribution in [0.5, 0.6) is 5.88 Å². The number of nitrogens with zero attached hydrogens (tertiary/aromatic N) is 3. The quantitative estimate of drug-likeness (QED) is 0.380. The molecule has 2 N–H and O–H groups in total. The van der Waals surface area contributed by atoms with Crippen LogP contribution in [0, 0.1) is 5.82 Å². The number of benzene rings is 1. The summed E-state index contributed by atoms with van der Waals surface area (Å²) in [6.07, 6.45) is 5.44. The van der Waals surface area contributed by atoms with Crippen LogP contribution in [0.2, 0.25) is 5.02 Å². The molecule has 0 radical (unpaired) electrons. The molecule has 3 amide bonds. The molecule has 10 nitrogen and oxygen atoms in total. The first kappa shape index (κ1) is 29.0. The average molecular weight is 610 g/mol. The van der Waals surface area contributed by atoms with Crippen LogP contribution in [-0.4, -0.2) is 62.7 Å². The number of ether oxygens (including phenoxy) is 2. The lowest BCUT2D eigenvalue weighted by atomic mass is 9.95. The molecule has 2 aromatic heterocycles. The monoisotopic (exact) mass is 609 g/mol. The molecule has 2 fully saturated rings. The summed E-state index contributed by atoms with van der Waals surface area (Å²) in [6, 6.07) is 7.02. The highest BCUT2D eigenvalue weighted by Crippen LogP contribution is 2.43. The molecule has 6 rings (SSSR count). The number of hydrogen-bond donors (Lipinski definition) is 2.